The topological polar surface area (TPSA) is 60.2 Å². The highest BCUT2D eigenvalue weighted by molar-refractivity contribution is 7.91. The van der Waals surface area contributed by atoms with Crippen LogP contribution in [-0.2, 0) is 9.84 Å². The standard InChI is InChI=1S/C11H17NO2S/c1-9-4-3-5-11(6-9)15(13,14)8-10(2)7-12/h3-6,10H,7-8,12H2,1-2H3/t10-/m1/s1. The number of sulfone groups is 1. The van der Waals surface area contributed by atoms with Gasteiger partial charge in [-0.3, -0.25) is 0 Å². The second kappa shape index (κ2) is 4.77. The van der Waals surface area contributed by atoms with Gasteiger partial charge < -0.3 is 5.73 Å². The van der Waals surface area contributed by atoms with Crippen molar-refractivity contribution in [3.63, 3.8) is 0 Å². The van der Waals surface area contributed by atoms with E-state index in [9.17, 15) is 8.42 Å². The zero-order chi connectivity index (χ0) is 11.5. The van der Waals surface area contributed by atoms with Gasteiger partial charge in [0.1, 0.15) is 0 Å². The predicted molar refractivity (Wildman–Crippen MR) is 61.5 cm³/mol. The van der Waals surface area contributed by atoms with E-state index in [-0.39, 0.29) is 11.7 Å². The van der Waals surface area contributed by atoms with Gasteiger partial charge >= 0.3 is 0 Å². The Morgan fingerprint density at radius 3 is 2.60 bits per heavy atom. The number of aryl methyl sites for hydroxylation is 1. The van der Waals surface area contributed by atoms with Crippen molar-refractivity contribution in [3.05, 3.63) is 29.8 Å². The summed E-state index contributed by atoms with van der Waals surface area (Å²) in [4.78, 5) is 0.391. The summed E-state index contributed by atoms with van der Waals surface area (Å²) in [6, 6.07) is 6.96. The van der Waals surface area contributed by atoms with Crippen LogP contribution in [-0.4, -0.2) is 20.7 Å². The first kappa shape index (κ1) is 12.2. The first-order valence-corrected chi connectivity index (χ1v) is 6.60. The molecule has 1 atom stereocenters. The Balaban J connectivity index is 2.96. The zero-order valence-corrected chi connectivity index (χ0v) is 9.92. The Kier molecular flexibility index (Phi) is 3.88. The molecule has 0 bridgehead atoms. The van der Waals surface area contributed by atoms with Crippen molar-refractivity contribution in [2.45, 2.75) is 18.7 Å². The zero-order valence-electron chi connectivity index (χ0n) is 9.10. The molecular weight excluding hydrogens is 210 g/mol. The lowest BCUT2D eigenvalue weighted by atomic mass is 10.2. The van der Waals surface area contributed by atoms with Crippen LogP contribution in [0.25, 0.3) is 0 Å². The highest BCUT2D eigenvalue weighted by atomic mass is 32.2. The number of nitrogens with two attached hydrogens (primary N) is 1. The molecule has 4 heteroatoms. The third-order valence-corrected chi connectivity index (χ3v) is 4.23. The second-order valence-corrected chi connectivity index (χ2v) is 5.97. The molecule has 0 saturated carbocycles. The van der Waals surface area contributed by atoms with Gasteiger partial charge in [-0.1, -0.05) is 19.1 Å². The maximum atomic E-state index is 11.9. The molecule has 0 unspecified atom stereocenters. The van der Waals surface area contributed by atoms with Gasteiger partial charge in [-0.2, -0.15) is 0 Å². The molecule has 3 nitrogen and oxygen atoms in total. The van der Waals surface area contributed by atoms with Crippen LogP contribution in [0.15, 0.2) is 29.2 Å². The summed E-state index contributed by atoms with van der Waals surface area (Å²) in [6.07, 6.45) is 0. The van der Waals surface area contributed by atoms with E-state index in [0.29, 0.717) is 11.4 Å². The molecule has 15 heavy (non-hydrogen) atoms. The van der Waals surface area contributed by atoms with Crippen molar-refractivity contribution < 1.29 is 8.42 Å². The lowest BCUT2D eigenvalue weighted by Gasteiger charge is -2.09. The van der Waals surface area contributed by atoms with Crippen LogP contribution in [0, 0.1) is 12.8 Å². The van der Waals surface area contributed by atoms with Crippen LogP contribution in [0.4, 0.5) is 0 Å². The van der Waals surface area contributed by atoms with E-state index in [2.05, 4.69) is 0 Å². The van der Waals surface area contributed by atoms with Crippen molar-refractivity contribution in [2.75, 3.05) is 12.3 Å². The third kappa shape index (κ3) is 3.32. The highest BCUT2D eigenvalue weighted by Crippen LogP contribution is 2.15. The maximum absolute atomic E-state index is 11.9. The molecule has 1 rings (SSSR count). The van der Waals surface area contributed by atoms with E-state index in [0.717, 1.165) is 5.56 Å². The summed E-state index contributed by atoms with van der Waals surface area (Å²) in [5.41, 5.74) is 6.38. The molecule has 84 valence electrons. The molecule has 0 aliphatic carbocycles. The molecule has 0 radical (unpaired) electrons. The maximum Gasteiger partial charge on any atom is 0.178 e. The van der Waals surface area contributed by atoms with Gasteiger partial charge in [-0.15, -0.1) is 0 Å². The normalized spacial score (nSPS) is 13.8. The number of hydrogen-bond donors (Lipinski definition) is 1. The largest absolute Gasteiger partial charge is 0.330 e. The van der Waals surface area contributed by atoms with Crippen LogP contribution >= 0.6 is 0 Å². The van der Waals surface area contributed by atoms with Crippen LogP contribution in [0.5, 0.6) is 0 Å². The van der Waals surface area contributed by atoms with Gasteiger partial charge in [0.25, 0.3) is 0 Å². The fourth-order valence-corrected chi connectivity index (χ4v) is 3.08. The van der Waals surface area contributed by atoms with E-state index in [1.54, 1.807) is 18.2 Å². The fourth-order valence-electron chi connectivity index (χ4n) is 1.35. The molecule has 0 saturated heterocycles. The summed E-state index contributed by atoms with van der Waals surface area (Å²) in [6.45, 7) is 4.11. The van der Waals surface area contributed by atoms with Crippen molar-refractivity contribution in [2.24, 2.45) is 11.7 Å². The average molecular weight is 227 g/mol. The second-order valence-electron chi connectivity index (χ2n) is 3.94. The molecule has 0 heterocycles. The van der Waals surface area contributed by atoms with Gasteiger partial charge in [0.05, 0.1) is 10.6 Å². The quantitative estimate of drug-likeness (QED) is 0.845. The Bertz CT molecular complexity index is 426. The highest BCUT2D eigenvalue weighted by Gasteiger charge is 2.17. The summed E-state index contributed by atoms with van der Waals surface area (Å²) >= 11 is 0. The van der Waals surface area contributed by atoms with E-state index in [1.165, 1.54) is 0 Å². The monoisotopic (exact) mass is 227 g/mol. The van der Waals surface area contributed by atoms with Gasteiger partial charge in [0.15, 0.2) is 9.84 Å². The molecule has 0 amide bonds. The van der Waals surface area contributed by atoms with Gasteiger partial charge in [-0.05, 0) is 37.1 Å². The first-order valence-electron chi connectivity index (χ1n) is 4.95. The molecule has 1 aromatic carbocycles. The predicted octanol–water partition coefficient (Wildman–Crippen LogP) is 1.36. The lowest BCUT2D eigenvalue weighted by molar-refractivity contribution is 0.574. The minimum Gasteiger partial charge on any atom is -0.330 e. The van der Waals surface area contributed by atoms with Gasteiger partial charge in [0.2, 0.25) is 0 Å². The summed E-state index contributed by atoms with van der Waals surface area (Å²) in [5, 5.41) is 0. The summed E-state index contributed by atoms with van der Waals surface area (Å²) in [5.74, 6) is 0.114. The lowest BCUT2D eigenvalue weighted by Crippen LogP contribution is -2.21. The van der Waals surface area contributed by atoms with Crippen LogP contribution in [0.1, 0.15) is 12.5 Å². The van der Waals surface area contributed by atoms with Crippen LogP contribution in [0.2, 0.25) is 0 Å². The smallest absolute Gasteiger partial charge is 0.178 e. The molecule has 0 aromatic heterocycles. The molecular formula is C11H17NO2S. The minimum atomic E-state index is -3.17. The molecule has 2 N–H and O–H groups in total. The van der Waals surface area contributed by atoms with Crippen molar-refractivity contribution in [3.8, 4) is 0 Å². The van der Waals surface area contributed by atoms with Crippen LogP contribution < -0.4 is 5.73 Å². The van der Waals surface area contributed by atoms with E-state index in [1.807, 2.05) is 19.9 Å². The number of benzene rings is 1. The molecule has 0 aliphatic heterocycles. The minimum absolute atomic E-state index is 0.00416. The van der Waals surface area contributed by atoms with E-state index in [4.69, 9.17) is 5.73 Å². The molecule has 0 spiro atoms. The van der Waals surface area contributed by atoms with Crippen LogP contribution in [0.3, 0.4) is 0 Å². The summed E-state index contributed by atoms with van der Waals surface area (Å²) < 4.78 is 23.8. The molecule has 0 aliphatic rings. The van der Waals surface area contributed by atoms with Crippen molar-refractivity contribution >= 4 is 9.84 Å². The number of rotatable bonds is 4. The Morgan fingerprint density at radius 1 is 1.40 bits per heavy atom. The summed E-state index contributed by atoms with van der Waals surface area (Å²) in [7, 11) is -3.17. The van der Waals surface area contributed by atoms with Gasteiger partial charge in [-0.25, -0.2) is 8.42 Å². The van der Waals surface area contributed by atoms with E-state index < -0.39 is 9.84 Å². The third-order valence-electron chi connectivity index (χ3n) is 2.25. The van der Waals surface area contributed by atoms with Gasteiger partial charge in [0, 0.05) is 0 Å². The SMILES string of the molecule is Cc1cccc(S(=O)(=O)C[C@H](C)CN)c1. The number of hydrogen-bond acceptors (Lipinski definition) is 3. The average Bonchev–Trinajstić information content (AvgIpc) is 2.17. The Labute approximate surface area is 91.2 Å². The van der Waals surface area contributed by atoms with Crippen molar-refractivity contribution in [1.82, 2.24) is 0 Å². The van der Waals surface area contributed by atoms with Crippen molar-refractivity contribution in [1.29, 1.82) is 0 Å². The Hall–Kier alpha value is -0.870. The first-order chi connectivity index (χ1) is 6.95. The Morgan fingerprint density at radius 2 is 2.07 bits per heavy atom. The molecule has 0 fully saturated rings. The fraction of sp³-hybridized carbons (Fsp3) is 0.455. The van der Waals surface area contributed by atoms with E-state index >= 15 is 0 Å². The molecule has 1 aromatic rings.